The van der Waals surface area contributed by atoms with E-state index in [1.165, 1.54) is 12.3 Å². The van der Waals surface area contributed by atoms with Crippen molar-refractivity contribution in [3.05, 3.63) is 23.0 Å². The van der Waals surface area contributed by atoms with Crippen molar-refractivity contribution in [1.29, 1.82) is 0 Å². The van der Waals surface area contributed by atoms with Crippen LogP contribution in [0, 0.1) is 0 Å². The lowest BCUT2D eigenvalue weighted by molar-refractivity contribution is 0.0857. The molecule has 2 heterocycles. The molecule has 0 saturated carbocycles. The molecule has 0 radical (unpaired) electrons. The molecule has 0 spiro atoms. The van der Waals surface area contributed by atoms with E-state index < -0.39 is 0 Å². The summed E-state index contributed by atoms with van der Waals surface area (Å²) in [5.41, 5.74) is 6.27. The molecular formula is C11H14ClN3O2. The molecule has 6 heteroatoms. The predicted octanol–water partition coefficient (Wildman–Crippen LogP) is 1.23. The number of halogens is 1. The van der Waals surface area contributed by atoms with Gasteiger partial charge in [0.2, 0.25) is 0 Å². The number of aromatic nitrogens is 1. The standard InChI is InChI=1S/C11H14ClN3O2/c12-10-9(4-7(13)5-14-10)11(16)15-6-8-2-1-3-17-8/h4-5,8H,1-3,6,13H2,(H,15,16). The van der Waals surface area contributed by atoms with Gasteiger partial charge in [0, 0.05) is 13.2 Å². The lowest BCUT2D eigenvalue weighted by atomic mass is 10.2. The maximum Gasteiger partial charge on any atom is 0.254 e. The second-order valence-electron chi connectivity index (χ2n) is 3.95. The molecule has 2 rings (SSSR count). The van der Waals surface area contributed by atoms with Crippen molar-refractivity contribution in [1.82, 2.24) is 10.3 Å². The topological polar surface area (TPSA) is 77.2 Å². The average Bonchev–Trinajstić information content (AvgIpc) is 2.82. The van der Waals surface area contributed by atoms with E-state index in [4.69, 9.17) is 22.1 Å². The van der Waals surface area contributed by atoms with E-state index >= 15 is 0 Å². The third-order valence-electron chi connectivity index (χ3n) is 2.62. The number of nitrogens with two attached hydrogens (primary N) is 1. The first-order valence-corrected chi connectivity index (χ1v) is 5.85. The minimum absolute atomic E-state index is 0.103. The van der Waals surface area contributed by atoms with Crippen molar-refractivity contribution < 1.29 is 9.53 Å². The highest BCUT2D eigenvalue weighted by molar-refractivity contribution is 6.32. The summed E-state index contributed by atoms with van der Waals surface area (Å²) in [5.74, 6) is -0.273. The highest BCUT2D eigenvalue weighted by Crippen LogP contribution is 2.16. The molecule has 1 aromatic rings. The molecule has 1 aromatic heterocycles. The van der Waals surface area contributed by atoms with Gasteiger partial charge >= 0.3 is 0 Å². The molecule has 1 amide bonds. The molecule has 17 heavy (non-hydrogen) atoms. The number of carbonyl (C=O) groups is 1. The summed E-state index contributed by atoms with van der Waals surface area (Å²) in [6, 6.07) is 1.51. The van der Waals surface area contributed by atoms with Crippen molar-refractivity contribution in [2.45, 2.75) is 18.9 Å². The summed E-state index contributed by atoms with van der Waals surface area (Å²) < 4.78 is 5.41. The van der Waals surface area contributed by atoms with Gasteiger partial charge in [-0.1, -0.05) is 11.6 Å². The summed E-state index contributed by atoms with van der Waals surface area (Å²) in [4.78, 5) is 15.7. The van der Waals surface area contributed by atoms with Gasteiger partial charge < -0.3 is 15.8 Å². The van der Waals surface area contributed by atoms with Crippen molar-refractivity contribution in [3.8, 4) is 0 Å². The van der Waals surface area contributed by atoms with E-state index in [0.29, 0.717) is 17.8 Å². The van der Waals surface area contributed by atoms with E-state index in [2.05, 4.69) is 10.3 Å². The molecule has 1 saturated heterocycles. The zero-order valence-electron chi connectivity index (χ0n) is 9.28. The third-order valence-corrected chi connectivity index (χ3v) is 2.92. The van der Waals surface area contributed by atoms with Gasteiger partial charge in [0.15, 0.2) is 0 Å². The summed E-state index contributed by atoms with van der Waals surface area (Å²) in [7, 11) is 0. The van der Waals surface area contributed by atoms with Crippen LogP contribution in [0.1, 0.15) is 23.2 Å². The molecule has 92 valence electrons. The zero-order chi connectivity index (χ0) is 12.3. The fourth-order valence-electron chi connectivity index (χ4n) is 1.73. The summed E-state index contributed by atoms with van der Waals surface area (Å²) in [5, 5.41) is 2.92. The van der Waals surface area contributed by atoms with Crippen LogP contribution >= 0.6 is 11.6 Å². The highest BCUT2D eigenvalue weighted by Gasteiger charge is 2.18. The number of hydrogen-bond acceptors (Lipinski definition) is 4. The van der Waals surface area contributed by atoms with Crippen molar-refractivity contribution in [2.75, 3.05) is 18.9 Å². The quantitative estimate of drug-likeness (QED) is 0.797. The molecule has 0 aliphatic carbocycles. The van der Waals surface area contributed by atoms with E-state index in [-0.39, 0.29) is 17.2 Å². The lowest BCUT2D eigenvalue weighted by Crippen LogP contribution is -2.32. The van der Waals surface area contributed by atoms with Crippen LogP contribution in [0.3, 0.4) is 0 Å². The molecule has 1 atom stereocenters. The number of nitrogen functional groups attached to an aromatic ring is 1. The van der Waals surface area contributed by atoms with Crippen molar-refractivity contribution >= 4 is 23.2 Å². The molecule has 1 unspecified atom stereocenters. The van der Waals surface area contributed by atoms with Crippen LogP contribution in [0.5, 0.6) is 0 Å². The van der Waals surface area contributed by atoms with Gasteiger partial charge in [0.1, 0.15) is 5.15 Å². The Kier molecular flexibility index (Phi) is 3.81. The number of ether oxygens (including phenoxy) is 1. The predicted molar refractivity (Wildman–Crippen MR) is 65.0 cm³/mol. The fraction of sp³-hybridized carbons (Fsp3) is 0.455. The van der Waals surface area contributed by atoms with E-state index in [9.17, 15) is 4.79 Å². The third kappa shape index (κ3) is 3.08. The van der Waals surface area contributed by atoms with Gasteiger partial charge in [-0.05, 0) is 18.9 Å². The van der Waals surface area contributed by atoms with Crippen LogP contribution < -0.4 is 11.1 Å². The number of anilines is 1. The SMILES string of the molecule is Nc1cnc(Cl)c(C(=O)NCC2CCCO2)c1. The van der Waals surface area contributed by atoms with Gasteiger partial charge in [-0.25, -0.2) is 4.98 Å². The minimum Gasteiger partial charge on any atom is -0.397 e. The normalized spacial score (nSPS) is 19.2. The maximum atomic E-state index is 11.8. The Balaban J connectivity index is 1.96. The Labute approximate surface area is 104 Å². The number of nitrogens with one attached hydrogen (secondary N) is 1. The number of amides is 1. The first-order valence-electron chi connectivity index (χ1n) is 5.47. The van der Waals surface area contributed by atoms with Crippen LogP contribution in [0.15, 0.2) is 12.3 Å². The average molecular weight is 256 g/mol. The van der Waals surface area contributed by atoms with Crippen LogP contribution in [0.4, 0.5) is 5.69 Å². The maximum absolute atomic E-state index is 11.8. The Hall–Kier alpha value is -1.33. The summed E-state index contributed by atoms with van der Waals surface area (Å²) in [6.07, 6.45) is 3.54. The number of rotatable bonds is 3. The molecule has 0 bridgehead atoms. The molecule has 1 fully saturated rings. The van der Waals surface area contributed by atoms with Crippen LogP contribution in [-0.2, 0) is 4.74 Å². The molecule has 1 aliphatic rings. The van der Waals surface area contributed by atoms with Crippen LogP contribution in [0.25, 0.3) is 0 Å². The van der Waals surface area contributed by atoms with Gasteiger partial charge in [-0.3, -0.25) is 4.79 Å². The van der Waals surface area contributed by atoms with Crippen molar-refractivity contribution in [2.24, 2.45) is 0 Å². The monoisotopic (exact) mass is 255 g/mol. The fourth-order valence-corrected chi connectivity index (χ4v) is 1.92. The van der Waals surface area contributed by atoms with Gasteiger partial charge in [-0.15, -0.1) is 0 Å². The van der Waals surface area contributed by atoms with Gasteiger partial charge in [0.25, 0.3) is 5.91 Å². The van der Waals surface area contributed by atoms with E-state index in [1.807, 2.05) is 0 Å². The second kappa shape index (κ2) is 5.33. The molecule has 0 aromatic carbocycles. The van der Waals surface area contributed by atoms with E-state index in [0.717, 1.165) is 19.4 Å². The largest absolute Gasteiger partial charge is 0.397 e. The number of hydrogen-bond donors (Lipinski definition) is 2. The molecular weight excluding hydrogens is 242 g/mol. The van der Waals surface area contributed by atoms with E-state index in [1.54, 1.807) is 0 Å². The van der Waals surface area contributed by atoms with Crippen LogP contribution in [-0.4, -0.2) is 30.1 Å². The number of carbonyl (C=O) groups excluding carboxylic acids is 1. The van der Waals surface area contributed by atoms with Crippen LogP contribution in [0.2, 0.25) is 5.15 Å². The number of pyridine rings is 1. The Morgan fingerprint density at radius 2 is 2.53 bits per heavy atom. The Bertz CT molecular complexity index is 419. The first kappa shape index (κ1) is 12.1. The van der Waals surface area contributed by atoms with Gasteiger partial charge in [-0.2, -0.15) is 0 Å². The lowest BCUT2D eigenvalue weighted by Gasteiger charge is -2.11. The molecule has 1 aliphatic heterocycles. The Morgan fingerprint density at radius 1 is 1.71 bits per heavy atom. The Morgan fingerprint density at radius 3 is 3.24 bits per heavy atom. The zero-order valence-corrected chi connectivity index (χ0v) is 10.0. The summed E-state index contributed by atoms with van der Waals surface area (Å²) in [6.45, 7) is 1.26. The van der Waals surface area contributed by atoms with Crippen molar-refractivity contribution in [3.63, 3.8) is 0 Å². The molecule has 3 N–H and O–H groups in total. The molecule has 5 nitrogen and oxygen atoms in total. The second-order valence-corrected chi connectivity index (χ2v) is 4.31. The highest BCUT2D eigenvalue weighted by atomic mass is 35.5. The smallest absolute Gasteiger partial charge is 0.254 e. The minimum atomic E-state index is -0.273. The number of nitrogens with zero attached hydrogens (tertiary/aromatic N) is 1. The first-order chi connectivity index (χ1) is 8.16. The van der Waals surface area contributed by atoms with Gasteiger partial charge in [0.05, 0.1) is 23.6 Å². The summed E-state index contributed by atoms with van der Waals surface area (Å²) >= 11 is 5.83.